The van der Waals surface area contributed by atoms with E-state index in [0.29, 0.717) is 19.0 Å². The van der Waals surface area contributed by atoms with Gasteiger partial charge >= 0.3 is 0 Å². The number of rotatable bonds is 7. The van der Waals surface area contributed by atoms with Crippen LogP contribution < -0.4 is 10.1 Å². The molecular formula is C21H23N5O5S. The van der Waals surface area contributed by atoms with Crippen LogP contribution in [-0.4, -0.2) is 66.8 Å². The fourth-order valence-electron chi connectivity index (χ4n) is 3.35. The minimum atomic E-state index is -3.73. The summed E-state index contributed by atoms with van der Waals surface area (Å²) in [5, 5.41) is 6.89. The standard InChI is InChI=1S/C21H23N5O5S/c1-30-20-7-6-18(32(28,29)25-8-10-31-11-9-25)12-19(20)21(27)23-13-16-2-4-17(5-3-16)26-15-22-14-24-26/h2-7,12,14-15H,8-11,13H2,1H3,(H,23,27). The molecule has 4 rings (SSSR count). The van der Waals surface area contributed by atoms with Crippen LogP contribution in [0.15, 0.2) is 60.0 Å². The van der Waals surface area contributed by atoms with E-state index >= 15 is 0 Å². The highest BCUT2D eigenvalue weighted by Crippen LogP contribution is 2.25. The fourth-order valence-corrected chi connectivity index (χ4v) is 4.78. The number of amides is 1. The predicted molar refractivity (Wildman–Crippen MR) is 115 cm³/mol. The molecule has 0 bridgehead atoms. The summed E-state index contributed by atoms with van der Waals surface area (Å²) in [6.45, 7) is 1.51. The van der Waals surface area contributed by atoms with Gasteiger partial charge in [0.15, 0.2) is 0 Å². The highest BCUT2D eigenvalue weighted by Gasteiger charge is 2.28. The molecule has 32 heavy (non-hydrogen) atoms. The number of morpholine rings is 1. The van der Waals surface area contributed by atoms with Gasteiger partial charge < -0.3 is 14.8 Å². The van der Waals surface area contributed by atoms with Crippen molar-refractivity contribution in [2.75, 3.05) is 33.4 Å². The monoisotopic (exact) mass is 457 g/mol. The average molecular weight is 458 g/mol. The lowest BCUT2D eigenvalue weighted by Gasteiger charge is -2.26. The van der Waals surface area contributed by atoms with Crippen molar-refractivity contribution in [3.05, 3.63) is 66.2 Å². The molecular weight excluding hydrogens is 434 g/mol. The van der Waals surface area contributed by atoms with Crippen molar-refractivity contribution in [3.63, 3.8) is 0 Å². The molecule has 168 valence electrons. The van der Waals surface area contributed by atoms with Crippen LogP contribution in [0.1, 0.15) is 15.9 Å². The van der Waals surface area contributed by atoms with E-state index in [1.807, 2.05) is 24.3 Å². The molecule has 0 saturated carbocycles. The van der Waals surface area contributed by atoms with Gasteiger partial charge in [-0.2, -0.15) is 9.40 Å². The molecule has 11 heteroatoms. The molecule has 1 fully saturated rings. The number of nitrogens with zero attached hydrogens (tertiary/aromatic N) is 4. The summed E-state index contributed by atoms with van der Waals surface area (Å²) in [4.78, 5) is 16.8. The summed E-state index contributed by atoms with van der Waals surface area (Å²) in [5.74, 6) is -0.133. The molecule has 2 aromatic carbocycles. The fraction of sp³-hybridized carbons (Fsp3) is 0.286. The summed E-state index contributed by atoms with van der Waals surface area (Å²) in [7, 11) is -2.30. The second-order valence-electron chi connectivity index (χ2n) is 7.07. The normalized spacial score (nSPS) is 14.8. The zero-order valence-corrected chi connectivity index (χ0v) is 18.3. The Morgan fingerprint density at radius 2 is 1.91 bits per heavy atom. The van der Waals surface area contributed by atoms with Gasteiger partial charge in [-0.05, 0) is 35.9 Å². The Balaban J connectivity index is 1.49. The lowest BCUT2D eigenvalue weighted by Crippen LogP contribution is -2.40. The molecule has 0 radical (unpaired) electrons. The Kier molecular flexibility index (Phi) is 6.49. The predicted octanol–water partition coefficient (Wildman–Crippen LogP) is 1.23. The Morgan fingerprint density at radius 1 is 1.16 bits per heavy atom. The van der Waals surface area contributed by atoms with E-state index in [0.717, 1.165) is 11.3 Å². The van der Waals surface area contributed by atoms with Crippen molar-refractivity contribution in [3.8, 4) is 11.4 Å². The molecule has 0 aliphatic carbocycles. The Labute approximate surface area is 185 Å². The quantitative estimate of drug-likeness (QED) is 0.567. The number of hydrogen-bond donors (Lipinski definition) is 1. The smallest absolute Gasteiger partial charge is 0.255 e. The van der Waals surface area contributed by atoms with E-state index in [1.54, 1.807) is 11.0 Å². The van der Waals surface area contributed by atoms with Crippen molar-refractivity contribution in [2.45, 2.75) is 11.4 Å². The molecule has 2 heterocycles. The second kappa shape index (κ2) is 9.47. The van der Waals surface area contributed by atoms with Crippen LogP contribution in [-0.2, 0) is 21.3 Å². The third-order valence-corrected chi connectivity index (χ3v) is 6.99. The number of carbonyl (C=O) groups excluding carboxylic acids is 1. The minimum absolute atomic E-state index is 0.0440. The van der Waals surface area contributed by atoms with Gasteiger partial charge in [0, 0.05) is 19.6 Å². The molecule has 0 spiro atoms. The maximum absolute atomic E-state index is 13.0. The van der Waals surface area contributed by atoms with E-state index < -0.39 is 15.9 Å². The van der Waals surface area contributed by atoms with Crippen LogP contribution in [0.5, 0.6) is 5.75 Å². The van der Waals surface area contributed by atoms with Crippen molar-refractivity contribution in [1.29, 1.82) is 0 Å². The van der Waals surface area contributed by atoms with Crippen molar-refractivity contribution >= 4 is 15.9 Å². The van der Waals surface area contributed by atoms with Gasteiger partial charge in [0.25, 0.3) is 5.91 Å². The van der Waals surface area contributed by atoms with Crippen LogP contribution in [0.4, 0.5) is 0 Å². The molecule has 1 aliphatic rings. The van der Waals surface area contributed by atoms with E-state index in [2.05, 4.69) is 15.4 Å². The molecule has 0 unspecified atom stereocenters. The number of carbonyl (C=O) groups is 1. The second-order valence-corrected chi connectivity index (χ2v) is 9.01. The Morgan fingerprint density at radius 3 is 2.56 bits per heavy atom. The molecule has 3 aromatic rings. The summed E-state index contributed by atoms with van der Waals surface area (Å²) in [6.07, 6.45) is 3.05. The van der Waals surface area contributed by atoms with Gasteiger partial charge in [-0.15, -0.1) is 0 Å². The minimum Gasteiger partial charge on any atom is -0.496 e. The molecule has 1 amide bonds. The number of ether oxygens (including phenoxy) is 2. The summed E-state index contributed by atoms with van der Waals surface area (Å²) in [5.41, 5.74) is 1.87. The number of benzene rings is 2. The highest BCUT2D eigenvalue weighted by atomic mass is 32.2. The van der Waals surface area contributed by atoms with Crippen LogP contribution >= 0.6 is 0 Å². The first-order valence-electron chi connectivity index (χ1n) is 9.97. The number of aromatic nitrogens is 3. The molecule has 1 saturated heterocycles. The third kappa shape index (κ3) is 4.64. The SMILES string of the molecule is COc1ccc(S(=O)(=O)N2CCOCC2)cc1C(=O)NCc1ccc(-n2cncn2)cc1. The van der Waals surface area contributed by atoms with Gasteiger partial charge in [0.2, 0.25) is 10.0 Å². The van der Waals surface area contributed by atoms with Crippen LogP contribution in [0.2, 0.25) is 0 Å². The van der Waals surface area contributed by atoms with E-state index in [1.165, 1.54) is 35.9 Å². The average Bonchev–Trinajstić information content (AvgIpc) is 3.38. The topological polar surface area (TPSA) is 116 Å². The Hall–Kier alpha value is -3.28. The zero-order valence-electron chi connectivity index (χ0n) is 17.5. The number of nitrogens with one attached hydrogen (secondary N) is 1. The van der Waals surface area contributed by atoms with E-state index in [4.69, 9.17) is 9.47 Å². The number of hydrogen-bond acceptors (Lipinski definition) is 7. The van der Waals surface area contributed by atoms with Crippen LogP contribution in [0.3, 0.4) is 0 Å². The molecule has 0 atom stereocenters. The molecule has 1 N–H and O–H groups in total. The number of methoxy groups -OCH3 is 1. The third-order valence-electron chi connectivity index (χ3n) is 5.10. The first-order valence-corrected chi connectivity index (χ1v) is 11.4. The van der Waals surface area contributed by atoms with Gasteiger partial charge in [0.1, 0.15) is 18.4 Å². The largest absolute Gasteiger partial charge is 0.496 e. The maximum Gasteiger partial charge on any atom is 0.255 e. The highest BCUT2D eigenvalue weighted by molar-refractivity contribution is 7.89. The summed E-state index contributed by atoms with van der Waals surface area (Å²) in [6, 6.07) is 11.8. The maximum atomic E-state index is 13.0. The van der Waals surface area contributed by atoms with E-state index in [-0.39, 0.29) is 30.1 Å². The number of sulfonamides is 1. The lowest BCUT2D eigenvalue weighted by molar-refractivity contribution is 0.0730. The van der Waals surface area contributed by atoms with Gasteiger partial charge in [-0.25, -0.2) is 18.1 Å². The van der Waals surface area contributed by atoms with Crippen LogP contribution in [0, 0.1) is 0 Å². The molecule has 1 aliphatic heterocycles. The summed E-state index contributed by atoms with van der Waals surface area (Å²) < 4.78 is 39.4. The molecule has 10 nitrogen and oxygen atoms in total. The van der Waals surface area contributed by atoms with Crippen molar-refractivity contribution in [2.24, 2.45) is 0 Å². The van der Waals surface area contributed by atoms with Gasteiger partial charge in [0.05, 0.1) is 36.5 Å². The zero-order chi connectivity index (χ0) is 22.6. The van der Waals surface area contributed by atoms with Crippen molar-refractivity contribution < 1.29 is 22.7 Å². The van der Waals surface area contributed by atoms with Crippen molar-refractivity contribution in [1.82, 2.24) is 24.4 Å². The summed E-state index contributed by atoms with van der Waals surface area (Å²) >= 11 is 0. The molecule has 1 aromatic heterocycles. The van der Waals surface area contributed by atoms with Crippen LogP contribution in [0.25, 0.3) is 5.69 Å². The van der Waals surface area contributed by atoms with E-state index in [9.17, 15) is 13.2 Å². The first-order chi connectivity index (χ1) is 15.5. The van der Waals surface area contributed by atoms with Gasteiger partial charge in [-0.3, -0.25) is 4.79 Å². The first kappa shape index (κ1) is 21.9. The lowest BCUT2D eigenvalue weighted by atomic mass is 10.1. The Bertz CT molecular complexity index is 1170. The van der Waals surface area contributed by atoms with Gasteiger partial charge in [-0.1, -0.05) is 12.1 Å².